The van der Waals surface area contributed by atoms with Crippen molar-refractivity contribution in [3.63, 3.8) is 0 Å². The molecule has 0 aliphatic rings. The quantitative estimate of drug-likeness (QED) is 0.451. The molecule has 2 aromatic carbocycles. The lowest BCUT2D eigenvalue weighted by Crippen LogP contribution is -2.03. The smallest absolute Gasteiger partial charge is 0.336 e. The number of rotatable bonds is 2. The van der Waals surface area contributed by atoms with Crippen LogP contribution in [0.4, 0.5) is 8.78 Å². The van der Waals surface area contributed by atoms with Crippen LogP contribution < -0.4 is 0 Å². The van der Waals surface area contributed by atoms with Crippen molar-refractivity contribution < 1.29 is 18.7 Å². The second-order valence-electron chi connectivity index (χ2n) is 4.06. The molecule has 0 aliphatic heterocycles. The molecule has 2 rings (SSSR count). The molecule has 0 saturated carbocycles. The summed E-state index contributed by atoms with van der Waals surface area (Å²) < 4.78 is 26.8. The highest BCUT2D eigenvalue weighted by Gasteiger charge is 2.25. The van der Waals surface area contributed by atoms with Crippen molar-refractivity contribution >= 4 is 64.0 Å². The summed E-state index contributed by atoms with van der Waals surface area (Å²) in [4.78, 5) is 11.3. The van der Waals surface area contributed by atoms with Crippen molar-refractivity contribution in [2.75, 3.05) is 0 Å². The van der Waals surface area contributed by atoms with Crippen molar-refractivity contribution in [1.29, 1.82) is 0 Å². The minimum absolute atomic E-state index is 0.137. The van der Waals surface area contributed by atoms with Gasteiger partial charge in [0.05, 0.1) is 30.7 Å². The van der Waals surface area contributed by atoms with E-state index in [2.05, 4.69) is 0 Å². The van der Waals surface area contributed by atoms with E-state index in [1.807, 2.05) is 0 Å². The lowest BCUT2D eigenvalue weighted by Gasteiger charge is -2.15. The van der Waals surface area contributed by atoms with Gasteiger partial charge >= 0.3 is 5.97 Å². The van der Waals surface area contributed by atoms with Gasteiger partial charge < -0.3 is 5.11 Å². The molecule has 0 amide bonds. The maximum Gasteiger partial charge on any atom is 0.336 e. The SMILES string of the molecule is O=C(O)c1cc(F)c(F)cc1-c1c(Cl)c(Cl)c(Cl)c(Cl)c1Cl. The number of hydrogen-bond acceptors (Lipinski definition) is 1. The Hall–Kier alpha value is -0.780. The molecule has 0 unspecified atom stereocenters. The van der Waals surface area contributed by atoms with E-state index in [1.165, 1.54) is 0 Å². The average Bonchev–Trinajstić information content (AvgIpc) is 2.46. The van der Waals surface area contributed by atoms with Gasteiger partial charge in [0.2, 0.25) is 0 Å². The molecular formula is C13H3Cl5F2O2. The Morgan fingerprint density at radius 3 is 1.68 bits per heavy atom. The second kappa shape index (κ2) is 6.38. The molecule has 2 nitrogen and oxygen atoms in total. The van der Waals surface area contributed by atoms with E-state index in [0.29, 0.717) is 12.1 Å². The van der Waals surface area contributed by atoms with Gasteiger partial charge in [0, 0.05) is 11.1 Å². The van der Waals surface area contributed by atoms with Gasteiger partial charge in [-0.15, -0.1) is 0 Å². The first-order valence-electron chi connectivity index (χ1n) is 5.41. The lowest BCUT2D eigenvalue weighted by molar-refractivity contribution is 0.0697. The monoisotopic (exact) mass is 404 g/mol. The summed E-state index contributed by atoms with van der Waals surface area (Å²) in [6.07, 6.45) is 0. The van der Waals surface area contributed by atoms with Crippen LogP contribution in [0.2, 0.25) is 25.1 Å². The standard InChI is InChI=1S/C13H3Cl5F2O2/c14-8-7(9(15)11(17)12(18)10(8)16)3-1-5(19)6(20)2-4(3)13(21)22/h1-2H,(H,21,22). The molecular weight excluding hydrogens is 403 g/mol. The zero-order valence-electron chi connectivity index (χ0n) is 10.2. The van der Waals surface area contributed by atoms with E-state index in [9.17, 15) is 13.6 Å². The number of carbonyl (C=O) groups is 1. The normalized spacial score (nSPS) is 10.9. The number of hydrogen-bond donors (Lipinski definition) is 1. The van der Waals surface area contributed by atoms with Crippen molar-refractivity contribution in [3.8, 4) is 11.1 Å². The number of carboxylic acids is 1. The largest absolute Gasteiger partial charge is 0.478 e. The van der Waals surface area contributed by atoms with Crippen LogP contribution >= 0.6 is 58.0 Å². The van der Waals surface area contributed by atoms with E-state index in [-0.39, 0.29) is 36.2 Å². The summed E-state index contributed by atoms with van der Waals surface area (Å²) in [6.45, 7) is 0. The zero-order valence-corrected chi connectivity index (χ0v) is 13.9. The maximum absolute atomic E-state index is 13.5. The van der Waals surface area contributed by atoms with E-state index in [1.54, 1.807) is 0 Å². The van der Waals surface area contributed by atoms with Gasteiger partial charge in [0.1, 0.15) is 0 Å². The topological polar surface area (TPSA) is 37.3 Å². The van der Waals surface area contributed by atoms with Gasteiger partial charge in [-0.3, -0.25) is 0 Å². The molecule has 0 saturated heterocycles. The molecule has 9 heteroatoms. The summed E-state index contributed by atoms with van der Waals surface area (Å²) in [6, 6.07) is 1.16. The average molecular weight is 406 g/mol. The molecule has 116 valence electrons. The first-order chi connectivity index (χ1) is 10.2. The van der Waals surface area contributed by atoms with Crippen molar-refractivity contribution in [2.24, 2.45) is 0 Å². The molecule has 0 aromatic heterocycles. The Morgan fingerprint density at radius 2 is 1.23 bits per heavy atom. The van der Waals surface area contributed by atoms with Crippen LogP contribution in [0.15, 0.2) is 12.1 Å². The van der Waals surface area contributed by atoms with Crippen LogP contribution in [0.3, 0.4) is 0 Å². The van der Waals surface area contributed by atoms with Crippen LogP contribution in [0.1, 0.15) is 10.4 Å². The lowest BCUT2D eigenvalue weighted by atomic mass is 9.99. The number of aromatic carboxylic acids is 1. The van der Waals surface area contributed by atoms with Gasteiger partial charge in [0.25, 0.3) is 0 Å². The fourth-order valence-electron chi connectivity index (χ4n) is 1.77. The molecule has 22 heavy (non-hydrogen) atoms. The molecule has 1 N–H and O–H groups in total. The van der Waals surface area contributed by atoms with Gasteiger partial charge in [-0.2, -0.15) is 0 Å². The summed E-state index contributed by atoms with van der Waals surface area (Å²) in [5, 5.41) is 8.19. The van der Waals surface area contributed by atoms with Crippen molar-refractivity contribution in [3.05, 3.63) is 54.4 Å². The Balaban J connectivity index is 2.95. The molecule has 0 aliphatic carbocycles. The Morgan fingerprint density at radius 1 is 0.818 bits per heavy atom. The van der Waals surface area contributed by atoms with E-state index in [4.69, 9.17) is 63.1 Å². The van der Waals surface area contributed by atoms with Crippen LogP contribution in [0.5, 0.6) is 0 Å². The predicted molar refractivity (Wildman–Crippen MR) is 83.8 cm³/mol. The first kappa shape index (κ1) is 17.6. The van der Waals surface area contributed by atoms with E-state index in [0.717, 1.165) is 0 Å². The fraction of sp³-hybridized carbons (Fsp3) is 0. The van der Waals surface area contributed by atoms with E-state index < -0.39 is 23.2 Å². The Bertz CT molecular complexity index is 779. The third kappa shape index (κ3) is 2.86. The third-order valence-corrected chi connectivity index (χ3v) is 5.05. The van der Waals surface area contributed by atoms with Gasteiger partial charge in [0.15, 0.2) is 11.6 Å². The second-order valence-corrected chi connectivity index (χ2v) is 5.95. The fourth-order valence-corrected chi connectivity index (χ4v) is 3.11. The molecule has 0 heterocycles. The molecule has 0 atom stereocenters. The van der Waals surface area contributed by atoms with Gasteiger partial charge in [-0.05, 0) is 12.1 Å². The summed E-state index contributed by atoms with van der Waals surface area (Å²) in [5.41, 5.74) is -0.988. The number of benzene rings is 2. The third-order valence-electron chi connectivity index (χ3n) is 2.77. The molecule has 0 radical (unpaired) electrons. The number of carboxylic acid groups (broad SMARTS) is 1. The molecule has 0 bridgehead atoms. The molecule has 0 fully saturated rings. The van der Waals surface area contributed by atoms with Crippen molar-refractivity contribution in [1.82, 2.24) is 0 Å². The Kier molecular flexibility index (Phi) is 5.09. The first-order valence-corrected chi connectivity index (χ1v) is 7.30. The minimum Gasteiger partial charge on any atom is -0.478 e. The number of halogens is 7. The summed E-state index contributed by atoms with van der Waals surface area (Å²) in [7, 11) is 0. The van der Waals surface area contributed by atoms with Gasteiger partial charge in [-0.1, -0.05) is 58.0 Å². The van der Waals surface area contributed by atoms with Crippen LogP contribution in [0, 0.1) is 11.6 Å². The Labute approximate surface area is 148 Å². The summed E-state index contributed by atoms with van der Waals surface area (Å²) >= 11 is 29.6. The predicted octanol–water partition coefficient (Wildman–Crippen LogP) is 6.60. The van der Waals surface area contributed by atoms with Crippen molar-refractivity contribution in [2.45, 2.75) is 0 Å². The maximum atomic E-state index is 13.5. The highest BCUT2D eigenvalue weighted by molar-refractivity contribution is 6.56. The molecule has 2 aromatic rings. The highest BCUT2D eigenvalue weighted by Crippen LogP contribution is 2.49. The van der Waals surface area contributed by atoms with Crippen LogP contribution in [0.25, 0.3) is 11.1 Å². The highest BCUT2D eigenvalue weighted by atomic mass is 35.5. The molecule has 0 spiro atoms. The zero-order chi connectivity index (χ0) is 16.8. The van der Waals surface area contributed by atoms with Crippen LogP contribution in [-0.2, 0) is 0 Å². The van der Waals surface area contributed by atoms with E-state index >= 15 is 0 Å². The van der Waals surface area contributed by atoms with Crippen LogP contribution in [-0.4, -0.2) is 11.1 Å². The summed E-state index contributed by atoms with van der Waals surface area (Å²) in [5.74, 6) is -4.13. The minimum atomic E-state index is -1.51. The van der Waals surface area contributed by atoms with Gasteiger partial charge in [-0.25, -0.2) is 13.6 Å².